The van der Waals surface area contributed by atoms with Crippen molar-refractivity contribution in [2.75, 3.05) is 5.75 Å². The molecule has 0 aromatic heterocycles. The second kappa shape index (κ2) is 7.08. The first-order valence-electron chi connectivity index (χ1n) is 6.01. The van der Waals surface area contributed by atoms with E-state index in [0.29, 0.717) is 0 Å². The lowest BCUT2D eigenvalue weighted by molar-refractivity contribution is 1.15. The number of thiocarbonyl (C=S) groups is 1. The topological polar surface area (TPSA) is 23.8 Å². The molecule has 0 saturated carbocycles. The Kier molecular flexibility index (Phi) is 5.14. The average Bonchev–Trinajstić information content (AvgIpc) is 2.48. The predicted molar refractivity (Wildman–Crippen MR) is 85.5 cm³/mol. The van der Waals surface area contributed by atoms with Gasteiger partial charge >= 0.3 is 0 Å². The quantitative estimate of drug-likeness (QED) is 0.785. The van der Waals surface area contributed by atoms with Gasteiger partial charge in [0.25, 0.3) is 0 Å². The molecule has 0 aliphatic heterocycles. The van der Waals surface area contributed by atoms with Crippen LogP contribution in [0, 0.1) is 11.3 Å². The second-order valence-electron chi connectivity index (χ2n) is 4.02. The van der Waals surface area contributed by atoms with E-state index in [1.165, 1.54) is 0 Å². The molecule has 0 heterocycles. The van der Waals surface area contributed by atoms with Crippen LogP contribution in [0.25, 0.3) is 0 Å². The molecular formula is C16H13NS2. The molecule has 0 bridgehead atoms. The van der Waals surface area contributed by atoms with E-state index in [0.717, 1.165) is 33.1 Å². The Morgan fingerprint density at radius 2 is 1.74 bits per heavy atom. The van der Waals surface area contributed by atoms with Gasteiger partial charge in [-0.25, -0.2) is 0 Å². The first-order chi connectivity index (χ1) is 9.31. The summed E-state index contributed by atoms with van der Waals surface area (Å²) in [5, 5.41) is 9.02. The lowest BCUT2D eigenvalue weighted by atomic mass is 10.1. The highest BCUT2D eigenvalue weighted by atomic mass is 32.2. The summed E-state index contributed by atoms with van der Waals surface area (Å²) in [5.41, 5.74) is 2.94. The largest absolute Gasteiger partial charge is 0.192 e. The van der Waals surface area contributed by atoms with Crippen molar-refractivity contribution in [3.05, 3.63) is 71.3 Å². The van der Waals surface area contributed by atoms with Gasteiger partial charge in [0.05, 0.1) is 15.8 Å². The SMILES string of the molecule is N#Cc1ccccc1CCSC(=S)c1ccccc1. The zero-order valence-corrected chi connectivity index (χ0v) is 12.0. The van der Waals surface area contributed by atoms with Crippen LogP contribution in [-0.4, -0.2) is 9.95 Å². The lowest BCUT2D eigenvalue weighted by Gasteiger charge is -2.05. The fourth-order valence-corrected chi connectivity index (χ4v) is 2.95. The predicted octanol–water partition coefficient (Wildman–Crippen LogP) is 4.21. The summed E-state index contributed by atoms with van der Waals surface area (Å²) in [6.45, 7) is 0. The molecule has 0 saturated heterocycles. The molecule has 2 aromatic rings. The van der Waals surface area contributed by atoms with Gasteiger partial charge in [-0.1, -0.05) is 60.7 Å². The van der Waals surface area contributed by atoms with Crippen LogP contribution in [0.2, 0.25) is 0 Å². The molecule has 2 aromatic carbocycles. The van der Waals surface area contributed by atoms with E-state index in [2.05, 4.69) is 6.07 Å². The van der Waals surface area contributed by atoms with Crippen molar-refractivity contribution in [3.63, 3.8) is 0 Å². The maximum absolute atomic E-state index is 9.02. The molecule has 3 heteroatoms. The fourth-order valence-electron chi connectivity index (χ4n) is 1.76. The Morgan fingerprint density at radius 1 is 1.05 bits per heavy atom. The number of hydrogen-bond donors (Lipinski definition) is 0. The van der Waals surface area contributed by atoms with Crippen LogP contribution in [0.15, 0.2) is 54.6 Å². The number of thioether (sulfide) groups is 1. The Hall–Kier alpha value is -1.63. The fraction of sp³-hybridized carbons (Fsp3) is 0.125. The van der Waals surface area contributed by atoms with Crippen LogP contribution in [0.5, 0.6) is 0 Å². The lowest BCUT2D eigenvalue weighted by Crippen LogP contribution is -1.97. The van der Waals surface area contributed by atoms with Crippen LogP contribution in [0.4, 0.5) is 0 Å². The highest BCUT2D eigenvalue weighted by molar-refractivity contribution is 8.23. The molecule has 0 fully saturated rings. The first-order valence-corrected chi connectivity index (χ1v) is 7.41. The number of hydrogen-bond acceptors (Lipinski definition) is 3. The van der Waals surface area contributed by atoms with Crippen LogP contribution >= 0.6 is 24.0 Å². The minimum absolute atomic E-state index is 0.758. The third kappa shape index (κ3) is 3.92. The molecule has 0 unspecified atom stereocenters. The van der Waals surface area contributed by atoms with E-state index < -0.39 is 0 Å². The van der Waals surface area contributed by atoms with Gasteiger partial charge in [0.1, 0.15) is 0 Å². The Balaban J connectivity index is 1.91. The Labute approximate surface area is 123 Å². The number of nitrogens with zero attached hydrogens (tertiary/aromatic N) is 1. The monoisotopic (exact) mass is 283 g/mol. The van der Waals surface area contributed by atoms with Gasteiger partial charge in [-0.15, -0.1) is 11.8 Å². The van der Waals surface area contributed by atoms with Crippen molar-refractivity contribution < 1.29 is 0 Å². The number of aryl methyl sites for hydroxylation is 1. The summed E-state index contributed by atoms with van der Waals surface area (Å²) >= 11 is 7.06. The molecule has 0 spiro atoms. The van der Waals surface area contributed by atoms with Crippen molar-refractivity contribution in [2.45, 2.75) is 6.42 Å². The van der Waals surface area contributed by atoms with Crippen LogP contribution in [0.3, 0.4) is 0 Å². The molecule has 0 amide bonds. The third-order valence-corrected chi connectivity index (χ3v) is 4.25. The van der Waals surface area contributed by atoms with Gasteiger partial charge in [-0.2, -0.15) is 5.26 Å². The van der Waals surface area contributed by atoms with Gasteiger partial charge in [0, 0.05) is 5.75 Å². The molecule has 19 heavy (non-hydrogen) atoms. The standard InChI is InChI=1S/C16H13NS2/c17-12-15-9-5-4-6-13(15)10-11-19-16(18)14-7-2-1-3-8-14/h1-9H,10-11H2. The Bertz CT molecular complexity index is 600. The minimum Gasteiger partial charge on any atom is -0.192 e. The van der Waals surface area contributed by atoms with E-state index in [9.17, 15) is 0 Å². The zero-order valence-electron chi connectivity index (χ0n) is 10.4. The van der Waals surface area contributed by atoms with Crippen LogP contribution in [0.1, 0.15) is 16.7 Å². The van der Waals surface area contributed by atoms with Crippen molar-refractivity contribution in [2.24, 2.45) is 0 Å². The van der Waals surface area contributed by atoms with E-state index in [1.807, 2.05) is 54.6 Å². The van der Waals surface area contributed by atoms with E-state index >= 15 is 0 Å². The van der Waals surface area contributed by atoms with Crippen LogP contribution < -0.4 is 0 Å². The molecule has 0 N–H and O–H groups in total. The van der Waals surface area contributed by atoms with Crippen molar-refractivity contribution in [1.82, 2.24) is 0 Å². The van der Waals surface area contributed by atoms with Crippen LogP contribution in [-0.2, 0) is 6.42 Å². The van der Waals surface area contributed by atoms with Gasteiger partial charge in [-0.3, -0.25) is 0 Å². The summed E-state index contributed by atoms with van der Waals surface area (Å²) < 4.78 is 0.912. The molecular weight excluding hydrogens is 270 g/mol. The average molecular weight is 283 g/mol. The maximum Gasteiger partial charge on any atom is 0.0994 e. The molecule has 2 rings (SSSR count). The van der Waals surface area contributed by atoms with Gasteiger partial charge < -0.3 is 0 Å². The zero-order chi connectivity index (χ0) is 13.5. The summed E-state index contributed by atoms with van der Waals surface area (Å²) in [7, 11) is 0. The number of rotatable bonds is 4. The molecule has 0 radical (unpaired) electrons. The highest BCUT2D eigenvalue weighted by Gasteiger charge is 2.04. The van der Waals surface area contributed by atoms with Gasteiger partial charge in [-0.05, 0) is 23.6 Å². The van der Waals surface area contributed by atoms with E-state index in [4.69, 9.17) is 17.5 Å². The molecule has 1 nitrogen and oxygen atoms in total. The van der Waals surface area contributed by atoms with Crippen molar-refractivity contribution in [1.29, 1.82) is 5.26 Å². The normalized spacial score (nSPS) is 9.84. The molecule has 0 atom stereocenters. The van der Waals surface area contributed by atoms with Gasteiger partial charge in [0.2, 0.25) is 0 Å². The second-order valence-corrected chi connectivity index (χ2v) is 5.79. The smallest absolute Gasteiger partial charge is 0.0994 e. The summed E-state index contributed by atoms with van der Waals surface area (Å²) in [6, 6.07) is 20.0. The maximum atomic E-state index is 9.02. The molecule has 0 aliphatic carbocycles. The highest BCUT2D eigenvalue weighted by Crippen LogP contribution is 2.17. The van der Waals surface area contributed by atoms with Gasteiger partial charge in [0.15, 0.2) is 0 Å². The molecule has 94 valence electrons. The number of benzene rings is 2. The first kappa shape index (κ1) is 13.8. The third-order valence-electron chi connectivity index (χ3n) is 2.75. The van der Waals surface area contributed by atoms with Crippen molar-refractivity contribution in [3.8, 4) is 6.07 Å². The summed E-state index contributed by atoms with van der Waals surface area (Å²) in [6.07, 6.45) is 0.862. The van der Waals surface area contributed by atoms with Crippen molar-refractivity contribution >= 4 is 28.2 Å². The Morgan fingerprint density at radius 3 is 2.47 bits per heavy atom. The summed E-state index contributed by atoms with van der Waals surface area (Å²) in [4.78, 5) is 0. The summed E-state index contributed by atoms with van der Waals surface area (Å²) in [5.74, 6) is 0.895. The van der Waals surface area contributed by atoms with E-state index in [-0.39, 0.29) is 0 Å². The minimum atomic E-state index is 0.758. The van der Waals surface area contributed by atoms with E-state index in [1.54, 1.807) is 11.8 Å². The molecule has 0 aliphatic rings. The number of nitriles is 1.